The normalized spacial score (nSPS) is 18.9. The first-order valence-corrected chi connectivity index (χ1v) is 8.05. The molecule has 0 spiro atoms. The standard InChI is InChI=1S/C16H25BrN2/c1-11(2)10-19(15-8-9-15)16(12(3)18)13-4-6-14(17)7-5-13/h4-7,11-12,15-16H,8-10,18H2,1-3H3. The maximum atomic E-state index is 6.30. The molecule has 2 nitrogen and oxygen atoms in total. The molecule has 1 saturated carbocycles. The fourth-order valence-electron chi connectivity index (χ4n) is 2.77. The van der Waals surface area contributed by atoms with Gasteiger partial charge in [0.25, 0.3) is 0 Å². The largest absolute Gasteiger partial charge is 0.326 e. The van der Waals surface area contributed by atoms with Crippen molar-refractivity contribution < 1.29 is 0 Å². The monoisotopic (exact) mass is 324 g/mol. The van der Waals surface area contributed by atoms with Gasteiger partial charge >= 0.3 is 0 Å². The van der Waals surface area contributed by atoms with E-state index in [1.54, 1.807) is 0 Å². The van der Waals surface area contributed by atoms with Gasteiger partial charge in [-0.25, -0.2) is 0 Å². The molecule has 19 heavy (non-hydrogen) atoms. The molecule has 106 valence electrons. The van der Waals surface area contributed by atoms with Crippen molar-refractivity contribution in [1.29, 1.82) is 0 Å². The summed E-state index contributed by atoms with van der Waals surface area (Å²) in [7, 11) is 0. The third-order valence-corrected chi connectivity index (χ3v) is 4.19. The fourth-order valence-corrected chi connectivity index (χ4v) is 3.04. The molecule has 0 aromatic heterocycles. The highest BCUT2D eigenvalue weighted by Gasteiger charge is 2.36. The van der Waals surface area contributed by atoms with Gasteiger partial charge in [-0.1, -0.05) is 41.9 Å². The molecule has 1 aliphatic rings. The van der Waals surface area contributed by atoms with Crippen LogP contribution in [0.15, 0.2) is 28.7 Å². The number of hydrogen-bond donors (Lipinski definition) is 1. The summed E-state index contributed by atoms with van der Waals surface area (Å²) in [6.45, 7) is 7.83. The second-order valence-electron chi connectivity index (χ2n) is 6.18. The van der Waals surface area contributed by atoms with E-state index in [2.05, 4.69) is 65.9 Å². The van der Waals surface area contributed by atoms with Crippen molar-refractivity contribution in [3.8, 4) is 0 Å². The van der Waals surface area contributed by atoms with Crippen molar-refractivity contribution in [2.24, 2.45) is 11.7 Å². The smallest absolute Gasteiger partial charge is 0.0499 e. The molecule has 2 N–H and O–H groups in total. The van der Waals surface area contributed by atoms with Crippen molar-refractivity contribution in [2.75, 3.05) is 6.54 Å². The van der Waals surface area contributed by atoms with Gasteiger partial charge in [0.1, 0.15) is 0 Å². The van der Waals surface area contributed by atoms with Gasteiger partial charge in [0.2, 0.25) is 0 Å². The molecule has 0 saturated heterocycles. The highest BCUT2D eigenvalue weighted by Crippen LogP contribution is 2.36. The maximum absolute atomic E-state index is 6.30. The number of nitrogens with zero attached hydrogens (tertiary/aromatic N) is 1. The molecular weight excluding hydrogens is 300 g/mol. The number of rotatable bonds is 6. The summed E-state index contributed by atoms with van der Waals surface area (Å²) in [4.78, 5) is 2.62. The van der Waals surface area contributed by atoms with E-state index < -0.39 is 0 Å². The predicted octanol–water partition coefficient (Wildman–Crippen LogP) is 3.96. The van der Waals surface area contributed by atoms with Crippen molar-refractivity contribution in [2.45, 2.75) is 51.7 Å². The molecule has 1 aliphatic carbocycles. The fraction of sp³-hybridized carbons (Fsp3) is 0.625. The van der Waals surface area contributed by atoms with Crippen LogP contribution < -0.4 is 5.73 Å². The minimum atomic E-state index is 0.153. The van der Waals surface area contributed by atoms with Crippen LogP contribution in [0.25, 0.3) is 0 Å². The van der Waals surface area contributed by atoms with Gasteiger partial charge in [-0.05, 0) is 43.4 Å². The summed E-state index contributed by atoms with van der Waals surface area (Å²) in [5.41, 5.74) is 7.63. The zero-order valence-corrected chi connectivity index (χ0v) is 13.7. The summed E-state index contributed by atoms with van der Waals surface area (Å²) in [5.74, 6) is 0.678. The molecule has 0 amide bonds. The van der Waals surface area contributed by atoms with Crippen molar-refractivity contribution in [1.82, 2.24) is 4.90 Å². The molecular formula is C16H25BrN2. The lowest BCUT2D eigenvalue weighted by Gasteiger charge is -2.36. The van der Waals surface area contributed by atoms with Crippen LogP contribution in [0, 0.1) is 5.92 Å². The van der Waals surface area contributed by atoms with Crippen LogP contribution in [-0.4, -0.2) is 23.5 Å². The van der Waals surface area contributed by atoms with Crippen molar-refractivity contribution >= 4 is 15.9 Å². The lowest BCUT2D eigenvalue weighted by molar-refractivity contribution is 0.147. The molecule has 0 radical (unpaired) electrons. The number of hydrogen-bond acceptors (Lipinski definition) is 2. The quantitative estimate of drug-likeness (QED) is 0.858. The van der Waals surface area contributed by atoms with Crippen LogP contribution in [0.4, 0.5) is 0 Å². The molecule has 2 atom stereocenters. The van der Waals surface area contributed by atoms with Gasteiger partial charge in [-0.3, -0.25) is 4.90 Å². The Balaban J connectivity index is 2.24. The molecule has 1 aromatic rings. The third-order valence-electron chi connectivity index (χ3n) is 3.66. The van der Waals surface area contributed by atoms with Gasteiger partial charge in [-0.2, -0.15) is 0 Å². The van der Waals surface area contributed by atoms with Gasteiger partial charge in [0.05, 0.1) is 0 Å². The van der Waals surface area contributed by atoms with E-state index in [1.165, 1.54) is 18.4 Å². The summed E-state index contributed by atoms with van der Waals surface area (Å²) in [6, 6.07) is 9.86. The van der Waals surface area contributed by atoms with Crippen LogP contribution in [0.2, 0.25) is 0 Å². The van der Waals surface area contributed by atoms with E-state index >= 15 is 0 Å². The Morgan fingerprint density at radius 2 is 1.79 bits per heavy atom. The topological polar surface area (TPSA) is 29.3 Å². The Kier molecular flexibility index (Phi) is 5.04. The molecule has 2 rings (SSSR count). The third kappa shape index (κ3) is 4.04. The van der Waals surface area contributed by atoms with E-state index in [4.69, 9.17) is 5.73 Å². The molecule has 1 aromatic carbocycles. The van der Waals surface area contributed by atoms with E-state index in [9.17, 15) is 0 Å². The van der Waals surface area contributed by atoms with Crippen LogP contribution >= 0.6 is 15.9 Å². The zero-order valence-electron chi connectivity index (χ0n) is 12.1. The van der Waals surface area contributed by atoms with Gasteiger partial charge in [0.15, 0.2) is 0 Å². The first-order chi connectivity index (χ1) is 8.99. The van der Waals surface area contributed by atoms with Crippen LogP contribution in [-0.2, 0) is 0 Å². The van der Waals surface area contributed by atoms with Crippen LogP contribution in [0.5, 0.6) is 0 Å². The number of halogens is 1. The Morgan fingerprint density at radius 1 is 1.21 bits per heavy atom. The van der Waals surface area contributed by atoms with Gasteiger partial charge in [-0.15, -0.1) is 0 Å². The van der Waals surface area contributed by atoms with E-state index in [-0.39, 0.29) is 6.04 Å². The molecule has 3 heteroatoms. The Bertz CT molecular complexity index is 396. The van der Waals surface area contributed by atoms with Crippen LogP contribution in [0.3, 0.4) is 0 Å². The first kappa shape index (κ1) is 15.0. The second-order valence-corrected chi connectivity index (χ2v) is 7.09. The lowest BCUT2D eigenvalue weighted by atomic mass is 9.98. The van der Waals surface area contributed by atoms with E-state index in [1.807, 2.05) is 0 Å². The summed E-state index contributed by atoms with van der Waals surface area (Å²) in [6.07, 6.45) is 2.65. The maximum Gasteiger partial charge on any atom is 0.0499 e. The Labute approximate surface area is 125 Å². The Morgan fingerprint density at radius 3 is 2.21 bits per heavy atom. The summed E-state index contributed by atoms with van der Waals surface area (Å²) < 4.78 is 1.13. The van der Waals surface area contributed by atoms with E-state index in [0.717, 1.165) is 17.1 Å². The van der Waals surface area contributed by atoms with Crippen molar-refractivity contribution in [3.05, 3.63) is 34.3 Å². The van der Waals surface area contributed by atoms with Gasteiger partial charge in [0, 0.05) is 29.1 Å². The molecule has 0 heterocycles. The van der Waals surface area contributed by atoms with E-state index in [0.29, 0.717) is 12.0 Å². The van der Waals surface area contributed by atoms with Gasteiger partial charge < -0.3 is 5.73 Å². The zero-order chi connectivity index (χ0) is 14.0. The summed E-state index contributed by atoms with van der Waals surface area (Å²) in [5, 5.41) is 0. The van der Waals surface area contributed by atoms with Crippen LogP contribution in [0.1, 0.15) is 45.2 Å². The second kappa shape index (κ2) is 6.38. The average molecular weight is 325 g/mol. The molecule has 1 fully saturated rings. The lowest BCUT2D eigenvalue weighted by Crippen LogP contribution is -2.42. The average Bonchev–Trinajstić information content (AvgIpc) is 3.13. The molecule has 0 bridgehead atoms. The highest BCUT2D eigenvalue weighted by molar-refractivity contribution is 9.10. The Hall–Kier alpha value is -0.380. The minimum Gasteiger partial charge on any atom is -0.326 e. The minimum absolute atomic E-state index is 0.153. The van der Waals surface area contributed by atoms with Crippen molar-refractivity contribution in [3.63, 3.8) is 0 Å². The predicted molar refractivity (Wildman–Crippen MR) is 85.1 cm³/mol. The number of benzene rings is 1. The number of nitrogens with two attached hydrogens (primary N) is 1. The molecule has 0 aliphatic heterocycles. The SMILES string of the molecule is CC(C)CN(C1CC1)C(c1ccc(Br)cc1)C(C)N. The first-order valence-electron chi connectivity index (χ1n) is 7.26. The molecule has 2 unspecified atom stereocenters. The highest BCUT2D eigenvalue weighted by atomic mass is 79.9. The summed E-state index contributed by atoms with van der Waals surface area (Å²) >= 11 is 3.51.